The SMILES string of the molecule is CCCCCCCCC(CCCCCCc1cc(C(F)(F)F)cc(C(F)(F)F)c1)C(OC(C)C)(OC(C)C)OC(C)C. The maximum absolute atomic E-state index is 13.2. The highest BCUT2D eigenvalue weighted by molar-refractivity contribution is 5.33. The zero-order chi connectivity index (χ0) is 32.0. The number of aryl methyl sites for hydroxylation is 1. The molecule has 0 N–H and O–H groups in total. The molecular formula is C33H54F6O3. The van der Waals surface area contributed by atoms with Crippen molar-refractivity contribution in [3.05, 3.63) is 34.9 Å². The molecule has 42 heavy (non-hydrogen) atoms. The minimum absolute atomic E-state index is 0.0197. The fourth-order valence-corrected chi connectivity index (χ4v) is 5.26. The first kappa shape index (κ1) is 38.7. The molecule has 0 saturated heterocycles. The Morgan fingerprint density at radius 1 is 0.548 bits per heavy atom. The molecule has 0 amide bonds. The van der Waals surface area contributed by atoms with Gasteiger partial charge in [0, 0.05) is 5.92 Å². The molecule has 0 fully saturated rings. The Kier molecular flexibility index (Phi) is 17.0. The van der Waals surface area contributed by atoms with Crippen LogP contribution < -0.4 is 0 Å². The quantitative estimate of drug-likeness (QED) is 0.0785. The van der Waals surface area contributed by atoms with Gasteiger partial charge in [-0.2, -0.15) is 26.3 Å². The second-order valence-corrected chi connectivity index (χ2v) is 12.2. The Morgan fingerprint density at radius 3 is 1.31 bits per heavy atom. The van der Waals surface area contributed by atoms with Crippen molar-refractivity contribution in [3.63, 3.8) is 0 Å². The summed E-state index contributed by atoms with van der Waals surface area (Å²) < 4.78 is 98.4. The van der Waals surface area contributed by atoms with Crippen LogP contribution in [0.25, 0.3) is 0 Å². The number of rotatable bonds is 21. The van der Waals surface area contributed by atoms with Crippen molar-refractivity contribution in [2.75, 3.05) is 0 Å². The summed E-state index contributed by atoms with van der Waals surface area (Å²) in [6, 6.07) is 1.84. The molecule has 0 spiro atoms. The van der Waals surface area contributed by atoms with E-state index >= 15 is 0 Å². The smallest absolute Gasteiger partial charge is 0.324 e. The zero-order valence-electron chi connectivity index (χ0n) is 26.7. The van der Waals surface area contributed by atoms with Crippen LogP contribution in [0.1, 0.15) is 142 Å². The van der Waals surface area contributed by atoms with Crippen LogP contribution in [0, 0.1) is 5.92 Å². The third-order valence-corrected chi connectivity index (χ3v) is 7.02. The summed E-state index contributed by atoms with van der Waals surface area (Å²) in [5.74, 6) is -1.21. The van der Waals surface area contributed by atoms with E-state index in [1.165, 1.54) is 25.7 Å². The van der Waals surface area contributed by atoms with E-state index in [9.17, 15) is 26.3 Å². The van der Waals surface area contributed by atoms with Crippen molar-refractivity contribution in [2.45, 2.75) is 169 Å². The molecule has 0 aromatic heterocycles. The average molecular weight is 613 g/mol. The number of unbranched alkanes of at least 4 members (excludes halogenated alkanes) is 8. The Labute approximate surface area is 250 Å². The van der Waals surface area contributed by atoms with Crippen molar-refractivity contribution in [1.82, 2.24) is 0 Å². The second kappa shape index (κ2) is 18.5. The van der Waals surface area contributed by atoms with E-state index in [1.807, 2.05) is 41.5 Å². The summed E-state index contributed by atoms with van der Waals surface area (Å²) >= 11 is 0. The number of benzene rings is 1. The first-order valence-electron chi connectivity index (χ1n) is 15.8. The normalized spacial score (nSPS) is 14.0. The van der Waals surface area contributed by atoms with Crippen LogP contribution >= 0.6 is 0 Å². The van der Waals surface area contributed by atoms with Gasteiger partial charge in [0.1, 0.15) is 0 Å². The van der Waals surface area contributed by atoms with Crippen LogP contribution in [0.5, 0.6) is 0 Å². The van der Waals surface area contributed by atoms with Gasteiger partial charge in [-0.05, 0) is 91.0 Å². The Bertz CT molecular complexity index is 806. The Morgan fingerprint density at radius 2 is 0.929 bits per heavy atom. The highest BCUT2D eigenvalue weighted by Crippen LogP contribution is 2.38. The molecular weight excluding hydrogens is 558 g/mol. The van der Waals surface area contributed by atoms with E-state index in [4.69, 9.17) is 14.2 Å². The van der Waals surface area contributed by atoms with Gasteiger partial charge in [-0.3, -0.25) is 0 Å². The lowest BCUT2D eigenvalue weighted by Gasteiger charge is -2.43. The summed E-state index contributed by atoms with van der Waals surface area (Å²) in [5.41, 5.74) is -2.47. The van der Waals surface area contributed by atoms with Crippen molar-refractivity contribution < 1.29 is 40.6 Å². The van der Waals surface area contributed by atoms with Gasteiger partial charge in [-0.15, -0.1) is 0 Å². The van der Waals surface area contributed by atoms with E-state index in [-0.39, 0.29) is 42.3 Å². The van der Waals surface area contributed by atoms with E-state index in [2.05, 4.69) is 6.92 Å². The summed E-state index contributed by atoms with van der Waals surface area (Å²) in [4.78, 5) is 0. The van der Waals surface area contributed by atoms with Gasteiger partial charge < -0.3 is 14.2 Å². The van der Waals surface area contributed by atoms with Crippen molar-refractivity contribution in [1.29, 1.82) is 0 Å². The summed E-state index contributed by atoms with van der Waals surface area (Å²) in [6.45, 7) is 14.0. The number of halogens is 6. The van der Waals surface area contributed by atoms with Crippen LogP contribution in [-0.4, -0.2) is 24.3 Å². The van der Waals surface area contributed by atoms with E-state index in [0.717, 1.165) is 50.7 Å². The van der Waals surface area contributed by atoms with Crippen LogP contribution in [0.2, 0.25) is 0 Å². The highest BCUT2D eigenvalue weighted by Gasteiger charge is 2.44. The second-order valence-electron chi connectivity index (χ2n) is 12.2. The van der Waals surface area contributed by atoms with Gasteiger partial charge in [0.15, 0.2) is 0 Å². The molecule has 1 aromatic carbocycles. The number of alkyl halides is 6. The highest BCUT2D eigenvalue weighted by atomic mass is 19.4. The van der Waals surface area contributed by atoms with Crippen LogP contribution in [0.15, 0.2) is 18.2 Å². The molecule has 0 aliphatic heterocycles. The van der Waals surface area contributed by atoms with Gasteiger partial charge in [0.2, 0.25) is 0 Å². The molecule has 0 radical (unpaired) electrons. The summed E-state index contributed by atoms with van der Waals surface area (Å²) in [6.07, 6.45) is 1.55. The lowest BCUT2D eigenvalue weighted by atomic mass is 9.91. The molecule has 1 aromatic rings. The van der Waals surface area contributed by atoms with Gasteiger partial charge in [0.25, 0.3) is 5.97 Å². The molecule has 0 aliphatic rings. The Hall–Kier alpha value is -1.32. The number of hydrogen-bond donors (Lipinski definition) is 0. The predicted molar refractivity (Wildman–Crippen MR) is 156 cm³/mol. The molecule has 1 unspecified atom stereocenters. The molecule has 0 saturated carbocycles. The lowest BCUT2D eigenvalue weighted by molar-refractivity contribution is -0.433. The van der Waals surface area contributed by atoms with Crippen molar-refractivity contribution in [2.24, 2.45) is 5.92 Å². The average Bonchev–Trinajstić information content (AvgIpc) is 2.84. The van der Waals surface area contributed by atoms with E-state index in [1.54, 1.807) is 0 Å². The zero-order valence-corrected chi connectivity index (χ0v) is 26.7. The third-order valence-electron chi connectivity index (χ3n) is 7.02. The summed E-state index contributed by atoms with van der Waals surface area (Å²) in [5, 5.41) is 0. The number of ether oxygens (including phenoxy) is 3. The molecule has 3 nitrogen and oxygen atoms in total. The third kappa shape index (κ3) is 14.9. The minimum atomic E-state index is -4.83. The first-order chi connectivity index (χ1) is 19.5. The maximum atomic E-state index is 13.2. The fraction of sp³-hybridized carbons (Fsp3) is 0.818. The first-order valence-corrected chi connectivity index (χ1v) is 15.8. The van der Waals surface area contributed by atoms with Crippen LogP contribution in [-0.2, 0) is 33.0 Å². The fourth-order valence-electron chi connectivity index (χ4n) is 5.26. The minimum Gasteiger partial charge on any atom is -0.324 e. The van der Waals surface area contributed by atoms with Gasteiger partial charge in [-0.25, -0.2) is 0 Å². The van der Waals surface area contributed by atoms with Gasteiger partial charge >= 0.3 is 12.4 Å². The molecule has 1 atom stereocenters. The maximum Gasteiger partial charge on any atom is 0.416 e. The molecule has 246 valence electrons. The van der Waals surface area contributed by atoms with Gasteiger partial charge in [-0.1, -0.05) is 64.7 Å². The van der Waals surface area contributed by atoms with E-state index in [0.29, 0.717) is 12.8 Å². The Balaban J connectivity index is 2.92. The topological polar surface area (TPSA) is 27.7 Å². The molecule has 0 aliphatic carbocycles. The lowest BCUT2D eigenvalue weighted by Crippen LogP contribution is -2.50. The summed E-state index contributed by atoms with van der Waals surface area (Å²) in [7, 11) is 0. The largest absolute Gasteiger partial charge is 0.416 e. The van der Waals surface area contributed by atoms with Crippen molar-refractivity contribution in [3.8, 4) is 0 Å². The van der Waals surface area contributed by atoms with Crippen LogP contribution in [0.4, 0.5) is 26.3 Å². The molecule has 9 heteroatoms. The predicted octanol–water partition coefficient (Wildman–Crippen LogP) is 11.5. The van der Waals surface area contributed by atoms with E-state index < -0.39 is 29.5 Å². The van der Waals surface area contributed by atoms with Crippen LogP contribution in [0.3, 0.4) is 0 Å². The van der Waals surface area contributed by atoms with Gasteiger partial charge in [0.05, 0.1) is 29.4 Å². The standard InChI is InChI=1S/C33H54F6O3/c1-8-9-10-11-12-16-19-28(33(40-24(2)3,41-25(4)5)42-26(6)7)20-17-14-13-15-18-27-21-29(31(34,35)36)23-30(22-27)32(37,38)39/h21-26,28H,8-20H2,1-7H3. The molecule has 1 rings (SSSR count). The monoisotopic (exact) mass is 612 g/mol. The molecule has 0 heterocycles. The number of hydrogen-bond acceptors (Lipinski definition) is 3. The van der Waals surface area contributed by atoms with Crippen molar-refractivity contribution >= 4 is 0 Å². The molecule has 0 bridgehead atoms.